The molecule has 0 N–H and O–H groups in total. The van der Waals surface area contributed by atoms with Crippen LogP contribution in [0.15, 0.2) is 0 Å². The predicted octanol–water partition coefficient (Wildman–Crippen LogP) is 1.76. The van der Waals surface area contributed by atoms with Crippen LogP contribution in [0.4, 0.5) is 8.78 Å². The smallest absolute Gasteiger partial charge is 0.248 e. The van der Waals surface area contributed by atoms with E-state index in [4.69, 9.17) is 0 Å². The first kappa shape index (κ1) is 14.7. The van der Waals surface area contributed by atoms with Crippen LogP contribution in [0.3, 0.4) is 0 Å². The van der Waals surface area contributed by atoms with Crippen molar-refractivity contribution >= 4 is 10.4 Å². The molecule has 0 aliphatic rings. The lowest BCUT2D eigenvalue weighted by molar-refractivity contribution is 0.0194. The van der Waals surface area contributed by atoms with E-state index >= 15 is 0 Å². The fourth-order valence-corrected chi connectivity index (χ4v) is 1.84. The molecule has 0 fully saturated rings. The third-order valence-electron chi connectivity index (χ3n) is 1.30. The molecular weight excluding hydrogens is 230 g/mol. The molecular formula is C8H16F2O4S. The summed E-state index contributed by atoms with van der Waals surface area (Å²) in [5.74, 6) is 0. The van der Waals surface area contributed by atoms with Gasteiger partial charge >= 0.3 is 10.4 Å². The van der Waals surface area contributed by atoms with Gasteiger partial charge in [-0.3, -0.25) is 0 Å². The van der Waals surface area contributed by atoms with Crippen molar-refractivity contribution in [1.82, 2.24) is 0 Å². The predicted molar refractivity (Wildman–Crippen MR) is 51.2 cm³/mol. The summed E-state index contributed by atoms with van der Waals surface area (Å²) in [6, 6.07) is 0. The van der Waals surface area contributed by atoms with Crippen LogP contribution in [0.1, 0.15) is 27.7 Å². The zero-order chi connectivity index (χ0) is 12.3. The van der Waals surface area contributed by atoms with E-state index in [0.717, 1.165) is 0 Å². The molecule has 0 aromatic rings. The number of alkyl halides is 2. The lowest BCUT2D eigenvalue weighted by Gasteiger charge is -2.25. The summed E-state index contributed by atoms with van der Waals surface area (Å²) < 4.78 is 55.8. The first-order valence-electron chi connectivity index (χ1n) is 4.32. The molecule has 0 aliphatic heterocycles. The van der Waals surface area contributed by atoms with Crippen molar-refractivity contribution in [1.29, 1.82) is 0 Å². The highest BCUT2D eigenvalue weighted by Crippen LogP contribution is 2.20. The monoisotopic (exact) mass is 246 g/mol. The molecule has 0 amide bonds. The van der Waals surface area contributed by atoms with E-state index in [0.29, 0.717) is 0 Å². The molecule has 0 aliphatic carbocycles. The number of rotatable bonds is 6. The zero-order valence-electron chi connectivity index (χ0n) is 9.21. The maximum absolute atomic E-state index is 12.3. The van der Waals surface area contributed by atoms with E-state index in [1.54, 1.807) is 0 Å². The van der Waals surface area contributed by atoms with Crippen molar-refractivity contribution in [3.63, 3.8) is 0 Å². The van der Waals surface area contributed by atoms with E-state index in [1.807, 2.05) is 0 Å². The second kappa shape index (κ2) is 4.71. The third kappa shape index (κ3) is 6.01. The molecule has 0 saturated heterocycles. The highest BCUT2D eigenvalue weighted by atomic mass is 32.3. The topological polar surface area (TPSA) is 52.6 Å². The summed E-state index contributed by atoms with van der Waals surface area (Å²) in [7, 11) is -4.40. The molecule has 0 spiro atoms. The van der Waals surface area contributed by atoms with Crippen molar-refractivity contribution in [2.45, 2.75) is 38.9 Å². The van der Waals surface area contributed by atoms with Gasteiger partial charge in [-0.25, -0.2) is 17.1 Å². The minimum Gasteiger partial charge on any atom is -0.248 e. The van der Waals surface area contributed by atoms with Gasteiger partial charge < -0.3 is 0 Å². The zero-order valence-corrected chi connectivity index (χ0v) is 10.0. The Morgan fingerprint density at radius 1 is 0.933 bits per heavy atom. The lowest BCUT2D eigenvalue weighted by atomic mass is 10.2. The summed E-state index contributed by atoms with van der Waals surface area (Å²) in [6.45, 7) is 3.00. The fourth-order valence-electron chi connectivity index (χ4n) is 0.614. The van der Waals surface area contributed by atoms with Gasteiger partial charge in [-0.15, -0.1) is 0 Å². The highest BCUT2D eigenvalue weighted by molar-refractivity contribution is 7.81. The maximum Gasteiger partial charge on any atom is 0.401 e. The van der Waals surface area contributed by atoms with Gasteiger partial charge in [-0.2, -0.15) is 8.42 Å². The summed E-state index contributed by atoms with van der Waals surface area (Å²) in [4.78, 5) is 0. The van der Waals surface area contributed by atoms with Gasteiger partial charge in [0.15, 0.2) is 0 Å². The molecule has 15 heavy (non-hydrogen) atoms. The molecule has 0 aromatic heterocycles. The molecule has 0 saturated carbocycles. The standard InChI is InChI=1S/C8H16F2O4S/c1-7(2,5-9)13-15(11,12)14-8(3,4)6-10/h5-6H2,1-4H3. The van der Waals surface area contributed by atoms with E-state index in [-0.39, 0.29) is 0 Å². The first-order valence-corrected chi connectivity index (χ1v) is 5.65. The van der Waals surface area contributed by atoms with Gasteiger partial charge in [-0.05, 0) is 27.7 Å². The summed E-state index contributed by atoms with van der Waals surface area (Å²) in [5.41, 5.74) is -3.02. The minimum atomic E-state index is -4.40. The summed E-state index contributed by atoms with van der Waals surface area (Å²) in [6.07, 6.45) is 0. The molecule has 7 heteroatoms. The number of hydrogen-bond donors (Lipinski definition) is 0. The Kier molecular flexibility index (Phi) is 4.63. The molecule has 0 bridgehead atoms. The quantitative estimate of drug-likeness (QED) is 0.716. The SMILES string of the molecule is CC(C)(CF)OS(=O)(=O)OC(C)(C)CF. The van der Waals surface area contributed by atoms with Crippen molar-refractivity contribution in [2.75, 3.05) is 13.3 Å². The third-order valence-corrected chi connectivity index (χ3v) is 2.61. The van der Waals surface area contributed by atoms with Crippen molar-refractivity contribution in [3.8, 4) is 0 Å². The lowest BCUT2D eigenvalue weighted by Crippen LogP contribution is -2.37. The van der Waals surface area contributed by atoms with E-state index in [1.165, 1.54) is 27.7 Å². The van der Waals surface area contributed by atoms with Crippen LogP contribution in [0.2, 0.25) is 0 Å². The maximum atomic E-state index is 12.3. The highest BCUT2D eigenvalue weighted by Gasteiger charge is 2.33. The van der Waals surface area contributed by atoms with E-state index in [9.17, 15) is 17.2 Å². The Morgan fingerprint density at radius 2 is 1.20 bits per heavy atom. The van der Waals surface area contributed by atoms with E-state index in [2.05, 4.69) is 8.37 Å². The van der Waals surface area contributed by atoms with Gasteiger partial charge in [0.2, 0.25) is 0 Å². The number of halogens is 2. The molecule has 92 valence electrons. The van der Waals surface area contributed by atoms with Crippen molar-refractivity contribution in [2.24, 2.45) is 0 Å². The molecule has 0 heterocycles. The van der Waals surface area contributed by atoms with Gasteiger partial charge in [-0.1, -0.05) is 0 Å². The Bertz CT molecular complexity index is 274. The van der Waals surface area contributed by atoms with Gasteiger partial charge in [0.05, 0.1) is 0 Å². The Morgan fingerprint density at radius 3 is 1.40 bits per heavy atom. The van der Waals surface area contributed by atoms with Crippen LogP contribution in [0, 0.1) is 0 Å². The fraction of sp³-hybridized carbons (Fsp3) is 1.00. The van der Waals surface area contributed by atoms with Crippen LogP contribution in [0.25, 0.3) is 0 Å². The molecule has 0 aromatic carbocycles. The van der Waals surface area contributed by atoms with Crippen molar-refractivity contribution < 1.29 is 25.6 Å². The molecule has 4 nitrogen and oxygen atoms in total. The van der Waals surface area contributed by atoms with Crippen LogP contribution < -0.4 is 0 Å². The Labute approximate surface area is 88.9 Å². The molecule has 0 radical (unpaired) electrons. The largest absolute Gasteiger partial charge is 0.401 e. The van der Waals surface area contributed by atoms with Gasteiger partial charge in [0.25, 0.3) is 0 Å². The second-order valence-electron chi connectivity index (χ2n) is 4.36. The molecule has 0 atom stereocenters. The van der Waals surface area contributed by atoms with Crippen LogP contribution in [-0.4, -0.2) is 33.0 Å². The van der Waals surface area contributed by atoms with Crippen LogP contribution in [0.5, 0.6) is 0 Å². The van der Waals surface area contributed by atoms with Crippen LogP contribution in [-0.2, 0) is 18.8 Å². The summed E-state index contributed by atoms with van der Waals surface area (Å²) >= 11 is 0. The first-order chi connectivity index (χ1) is 6.54. The van der Waals surface area contributed by atoms with Gasteiger partial charge in [0, 0.05) is 0 Å². The second-order valence-corrected chi connectivity index (χ2v) is 5.51. The van der Waals surface area contributed by atoms with Crippen molar-refractivity contribution in [3.05, 3.63) is 0 Å². The normalized spacial score (nSPS) is 14.3. The molecule has 0 unspecified atom stereocenters. The molecule has 0 rings (SSSR count). The van der Waals surface area contributed by atoms with E-state index < -0.39 is 35.0 Å². The Balaban J connectivity index is 4.59. The average Bonchev–Trinajstić information content (AvgIpc) is 2.00. The Hall–Kier alpha value is -0.270. The minimum absolute atomic E-state index is 0.994. The number of hydrogen-bond acceptors (Lipinski definition) is 4. The average molecular weight is 246 g/mol. The summed E-state index contributed by atoms with van der Waals surface area (Å²) in [5, 5.41) is 0. The van der Waals surface area contributed by atoms with Gasteiger partial charge in [0.1, 0.15) is 24.6 Å². The van der Waals surface area contributed by atoms with Crippen LogP contribution >= 0.6 is 0 Å².